The van der Waals surface area contributed by atoms with Crippen LogP contribution in [-0.4, -0.2) is 64.7 Å². The van der Waals surface area contributed by atoms with Gasteiger partial charge >= 0.3 is 0 Å². The van der Waals surface area contributed by atoms with Crippen molar-refractivity contribution in [2.45, 2.75) is 25.4 Å². The Morgan fingerprint density at radius 3 is 2.40 bits per heavy atom. The normalized spacial score (nSPS) is 18.4. The molecule has 2 aliphatic heterocycles. The number of aromatic nitrogens is 1. The fourth-order valence-corrected chi connectivity index (χ4v) is 4.13. The second-order valence-corrected chi connectivity index (χ2v) is 7.89. The first-order valence-corrected chi connectivity index (χ1v) is 10.1. The standard InChI is InChI=1S/C23H25FN4O2/c1-26-13-10-19(11-14-26)27(2)21-20(16-6-8-17(24)9-7-16)22(29)28(23(21)30)15-18-5-3-4-12-25-18/h3-9,12,19H,10-11,13-15H2,1-2H3. The number of carbonyl (C=O) groups is 2. The van der Waals surface area contributed by atoms with Gasteiger partial charge in [-0.25, -0.2) is 4.39 Å². The summed E-state index contributed by atoms with van der Waals surface area (Å²) in [5.41, 5.74) is 1.91. The number of benzene rings is 1. The molecule has 156 valence electrons. The number of likely N-dealkylation sites (N-methyl/N-ethyl adjacent to an activating group) is 1. The summed E-state index contributed by atoms with van der Waals surface area (Å²) in [6, 6.07) is 11.3. The van der Waals surface area contributed by atoms with Crippen molar-refractivity contribution >= 4 is 17.4 Å². The molecule has 0 atom stereocenters. The SMILES string of the molecule is CN1CCC(N(C)C2=C(c3ccc(F)cc3)C(=O)N(Cc3ccccn3)C2=O)CC1. The van der Waals surface area contributed by atoms with E-state index in [1.165, 1.54) is 17.0 Å². The maximum Gasteiger partial charge on any atom is 0.278 e. The Hall–Kier alpha value is -3.06. The van der Waals surface area contributed by atoms with Crippen molar-refractivity contribution in [1.29, 1.82) is 0 Å². The van der Waals surface area contributed by atoms with Crippen molar-refractivity contribution in [3.63, 3.8) is 0 Å². The number of halogens is 1. The van der Waals surface area contributed by atoms with E-state index in [1.54, 1.807) is 30.5 Å². The minimum atomic E-state index is -0.383. The minimum Gasteiger partial charge on any atom is -0.366 e. The van der Waals surface area contributed by atoms with E-state index in [9.17, 15) is 14.0 Å². The van der Waals surface area contributed by atoms with Crippen LogP contribution in [0, 0.1) is 5.82 Å². The Morgan fingerprint density at radius 2 is 1.77 bits per heavy atom. The average Bonchev–Trinajstić information content (AvgIpc) is 3.00. The zero-order valence-corrected chi connectivity index (χ0v) is 17.2. The summed E-state index contributed by atoms with van der Waals surface area (Å²) >= 11 is 0. The van der Waals surface area contributed by atoms with Crippen LogP contribution >= 0.6 is 0 Å². The molecule has 1 aromatic carbocycles. The monoisotopic (exact) mass is 408 g/mol. The number of hydrogen-bond acceptors (Lipinski definition) is 5. The number of hydrogen-bond donors (Lipinski definition) is 0. The highest BCUT2D eigenvalue weighted by Crippen LogP contribution is 2.34. The van der Waals surface area contributed by atoms with Gasteiger partial charge in [0, 0.05) is 19.3 Å². The Morgan fingerprint density at radius 1 is 1.07 bits per heavy atom. The van der Waals surface area contributed by atoms with Crippen LogP contribution < -0.4 is 0 Å². The van der Waals surface area contributed by atoms with E-state index in [-0.39, 0.29) is 30.2 Å². The number of amides is 2. The van der Waals surface area contributed by atoms with E-state index >= 15 is 0 Å². The Kier molecular flexibility index (Phi) is 5.63. The molecule has 0 bridgehead atoms. The summed E-state index contributed by atoms with van der Waals surface area (Å²) in [7, 11) is 3.96. The predicted molar refractivity (Wildman–Crippen MR) is 111 cm³/mol. The molecule has 0 unspecified atom stereocenters. The van der Waals surface area contributed by atoms with Crippen molar-refractivity contribution in [3.8, 4) is 0 Å². The van der Waals surface area contributed by atoms with E-state index in [4.69, 9.17) is 0 Å². The van der Waals surface area contributed by atoms with Crippen LogP contribution in [0.3, 0.4) is 0 Å². The summed E-state index contributed by atoms with van der Waals surface area (Å²) < 4.78 is 13.5. The molecule has 0 N–H and O–H groups in total. The first-order valence-electron chi connectivity index (χ1n) is 10.1. The molecule has 2 amide bonds. The minimum absolute atomic E-state index is 0.105. The van der Waals surface area contributed by atoms with Crippen LogP contribution in [0.5, 0.6) is 0 Å². The quantitative estimate of drug-likeness (QED) is 0.712. The molecular formula is C23H25FN4O2. The Balaban J connectivity index is 1.71. The molecule has 3 heterocycles. The van der Waals surface area contributed by atoms with E-state index in [2.05, 4.69) is 16.9 Å². The third kappa shape index (κ3) is 3.85. The number of piperidine rings is 1. The average molecular weight is 408 g/mol. The third-order valence-electron chi connectivity index (χ3n) is 5.91. The van der Waals surface area contributed by atoms with Gasteiger partial charge in [-0.3, -0.25) is 19.5 Å². The van der Waals surface area contributed by atoms with Crippen molar-refractivity contribution < 1.29 is 14.0 Å². The number of rotatable bonds is 5. The van der Waals surface area contributed by atoms with Crippen molar-refractivity contribution in [2.24, 2.45) is 0 Å². The molecule has 1 fully saturated rings. The van der Waals surface area contributed by atoms with Gasteiger partial charge < -0.3 is 9.80 Å². The summed E-state index contributed by atoms with van der Waals surface area (Å²) in [5.74, 6) is -1.08. The third-order valence-corrected chi connectivity index (χ3v) is 5.91. The number of likely N-dealkylation sites (tertiary alicyclic amines) is 1. The number of imide groups is 1. The maximum absolute atomic E-state index is 13.5. The summed E-state index contributed by atoms with van der Waals surface area (Å²) in [6.07, 6.45) is 3.46. The van der Waals surface area contributed by atoms with Crippen molar-refractivity contribution in [3.05, 3.63) is 71.4 Å². The van der Waals surface area contributed by atoms with Crippen molar-refractivity contribution in [2.75, 3.05) is 27.2 Å². The van der Waals surface area contributed by atoms with Gasteiger partial charge in [0.05, 0.1) is 17.8 Å². The summed E-state index contributed by atoms with van der Waals surface area (Å²) in [4.78, 5) is 36.5. The Bertz CT molecular complexity index is 966. The van der Waals surface area contributed by atoms with Crippen LogP contribution in [0.25, 0.3) is 5.57 Å². The number of carbonyl (C=O) groups excluding carboxylic acids is 2. The highest BCUT2D eigenvalue weighted by Gasteiger charge is 2.42. The van der Waals surface area contributed by atoms with Gasteiger partial charge in [0.25, 0.3) is 11.8 Å². The van der Waals surface area contributed by atoms with Crippen LogP contribution in [-0.2, 0) is 16.1 Å². The largest absolute Gasteiger partial charge is 0.366 e. The van der Waals surface area contributed by atoms with E-state index in [1.807, 2.05) is 18.0 Å². The van der Waals surface area contributed by atoms with Crippen LogP contribution in [0.1, 0.15) is 24.1 Å². The van der Waals surface area contributed by atoms with E-state index in [0.29, 0.717) is 22.5 Å². The zero-order valence-electron chi connectivity index (χ0n) is 17.2. The summed E-state index contributed by atoms with van der Waals surface area (Å²) in [5, 5.41) is 0. The van der Waals surface area contributed by atoms with E-state index < -0.39 is 0 Å². The summed E-state index contributed by atoms with van der Waals surface area (Å²) in [6.45, 7) is 1.98. The second-order valence-electron chi connectivity index (χ2n) is 7.89. The maximum atomic E-state index is 13.5. The van der Waals surface area contributed by atoms with Crippen LogP contribution in [0.2, 0.25) is 0 Å². The lowest BCUT2D eigenvalue weighted by Crippen LogP contribution is -2.43. The smallest absolute Gasteiger partial charge is 0.278 e. The topological polar surface area (TPSA) is 56.8 Å². The van der Waals surface area contributed by atoms with Crippen molar-refractivity contribution in [1.82, 2.24) is 19.7 Å². The second kappa shape index (κ2) is 8.36. The first kappa shape index (κ1) is 20.2. The van der Waals surface area contributed by atoms with Gasteiger partial charge in [0.15, 0.2) is 0 Å². The Labute approximate surface area is 175 Å². The van der Waals surface area contributed by atoms with Crippen LogP contribution in [0.15, 0.2) is 54.4 Å². The zero-order chi connectivity index (χ0) is 21.3. The highest BCUT2D eigenvalue weighted by molar-refractivity contribution is 6.35. The molecule has 30 heavy (non-hydrogen) atoms. The molecule has 1 aromatic heterocycles. The molecule has 7 heteroatoms. The molecule has 0 saturated carbocycles. The highest BCUT2D eigenvalue weighted by atomic mass is 19.1. The molecule has 6 nitrogen and oxygen atoms in total. The lowest BCUT2D eigenvalue weighted by molar-refractivity contribution is -0.138. The predicted octanol–water partition coefficient (Wildman–Crippen LogP) is 2.53. The molecule has 0 spiro atoms. The molecule has 4 rings (SSSR count). The molecule has 1 saturated heterocycles. The molecule has 0 aliphatic carbocycles. The van der Waals surface area contributed by atoms with Gasteiger partial charge in [-0.05, 0) is 62.8 Å². The fraction of sp³-hybridized carbons (Fsp3) is 0.348. The van der Waals surface area contributed by atoms with Crippen LogP contribution in [0.4, 0.5) is 4.39 Å². The molecule has 2 aliphatic rings. The molecule has 0 radical (unpaired) electrons. The van der Waals surface area contributed by atoms with E-state index in [0.717, 1.165) is 25.9 Å². The van der Waals surface area contributed by atoms with Gasteiger partial charge in [-0.2, -0.15) is 0 Å². The molecular weight excluding hydrogens is 383 g/mol. The van der Waals surface area contributed by atoms with Gasteiger partial charge in [-0.15, -0.1) is 0 Å². The first-order chi connectivity index (χ1) is 14.5. The lowest BCUT2D eigenvalue weighted by Gasteiger charge is -2.36. The number of pyridine rings is 1. The lowest BCUT2D eigenvalue weighted by atomic mass is 10.00. The van der Waals surface area contributed by atoms with Gasteiger partial charge in [-0.1, -0.05) is 18.2 Å². The fourth-order valence-electron chi connectivity index (χ4n) is 4.13. The van der Waals surface area contributed by atoms with Gasteiger partial charge in [0.1, 0.15) is 11.5 Å². The van der Waals surface area contributed by atoms with Gasteiger partial charge in [0.2, 0.25) is 0 Å². The number of nitrogens with zero attached hydrogens (tertiary/aromatic N) is 4. The molecule has 2 aromatic rings.